The summed E-state index contributed by atoms with van der Waals surface area (Å²) >= 11 is 0. The van der Waals surface area contributed by atoms with E-state index in [0.29, 0.717) is 12.8 Å². The molecule has 0 amide bonds. The highest BCUT2D eigenvalue weighted by molar-refractivity contribution is 7.86. The Labute approximate surface area is 132 Å². The van der Waals surface area contributed by atoms with Crippen LogP contribution in [0.15, 0.2) is 0 Å². The van der Waals surface area contributed by atoms with Crippen molar-refractivity contribution in [3.05, 3.63) is 0 Å². The summed E-state index contributed by atoms with van der Waals surface area (Å²) < 4.78 is 79.3. The minimum atomic E-state index is -3.68. The summed E-state index contributed by atoms with van der Waals surface area (Å²) in [6, 6.07) is 0. The van der Waals surface area contributed by atoms with Crippen LogP contribution in [0, 0.1) is 0 Å². The number of unbranched alkanes of at least 4 members (excludes halogenated alkanes) is 2. The Morgan fingerprint density at radius 1 is 0.591 bits per heavy atom. The van der Waals surface area contributed by atoms with E-state index in [1.54, 1.807) is 0 Å². The van der Waals surface area contributed by atoms with Gasteiger partial charge in [0.25, 0.3) is 30.4 Å². The van der Waals surface area contributed by atoms with Crippen LogP contribution in [0.25, 0.3) is 0 Å². The first-order valence-corrected chi connectivity index (χ1v) is 11.7. The third-order valence-corrected chi connectivity index (χ3v) is 4.69. The van der Waals surface area contributed by atoms with Gasteiger partial charge in [0.1, 0.15) is 0 Å². The van der Waals surface area contributed by atoms with Crippen molar-refractivity contribution in [1.82, 2.24) is 0 Å². The first kappa shape index (κ1) is 21.7. The Kier molecular flexibility index (Phi) is 9.66. The molecule has 0 fully saturated rings. The minimum Gasteiger partial charge on any atom is -0.270 e. The summed E-state index contributed by atoms with van der Waals surface area (Å²) in [5, 5.41) is 0. The zero-order valence-corrected chi connectivity index (χ0v) is 15.0. The van der Waals surface area contributed by atoms with Crippen LogP contribution >= 0.6 is 0 Å². The van der Waals surface area contributed by atoms with Gasteiger partial charge in [0.05, 0.1) is 38.1 Å². The maximum atomic E-state index is 11.5. The van der Waals surface area contributed by atoms with Crippen molar-refractivity contribution in [3.8, 4) is 0 Å². The van der Waals surface area contributed by atoms with E-state index in [2.05, 4.69) is 8.37 Å². The first-order chi connectivity index (χ1) is 9.91. The molecule has 0 spiro atoms. The zero-order chi connectivity index (χ0) is 17.3. The molecule has 0 aromatic heterocycles. The molecule has 0 saturated carbocycles. The summed E-state index contributed by atoms with van der Waals surface area (Å²) in [6.45, 7) is -0.155. The second-order valence-corrected chi connectivity index (χ2v) is 9.60. The van der Waals surface area contributed by atoms with E-state index in [4.69, 9.17) is 4.18 Å². The van der Waals surface area contributed by atoms with Crippen LogP contribution in [0.2, 0.25) is 0 Å². The Hall–Kier alpha value is -0.270. The molecule has 0 aromatic rings. The van der Waals surface area contributed by atoms with Crippen LogP contribution in [0.1, 0.15) is 25.7 Å². The molecule has 0 aromatic carbocycles. The van der Waals surface area contributed by atoms with Crippen LogP contribution in [0.5, 0.6) is 0 Å². The third-order valence-electron chi connectivity index (χ3n) is 2.19. The maximum absolute atomic E-state index is 11.5. The van der Waals surface area contributed by atoms with E-state index in [-0.39, 0.29) is 38.4 Å². The number of rotatable bonds is 13. The normalized spacial score (nSPS) is 13.4. The van der Waals surface area contributed by atoms with Gasteiger partial charge in [-0.05, 0) is 25.7 Å². The smallest absolute Gasteiger partial charge is 0.267 e. The van der Waals surface area contributed by atoms with Crippen molar-refractivity contribution in [2.75, 3.05) is 38.1 Å². The number of hydrogen-bond donors (Lipinski definition) is 0. The van der Waals surface area contributed by atoms with Gasteiger partial charge in [0, 0.05) is 0 Å². The SMILES string of the molecule is CS(=O)(=O)OCCCCOS(=O)(=O)CCCCOS(C)(=O)=O. The fraction of sp³-hybridized carbons (Fsp3) is 1.00. The predicted octanol–water partition coefficient (Wildman–Crippen LogP) is -0.154. The molecule has 12 heteroatoms. The van der Waals surface area contributed by atoms with Crippen LogP contribution in [0.3, 0.4) is 0 Å². The fourth-order valence-corrected chi connectivity index (χ4v) is 3.14. The van der Waals surface area contributed by atoms with Crippen molar-refractivity contribution in [3.63, 3.8) is 0 Å². The van der Waals surface area contributed by atoms with Crippen molar-refractivity contribution in [1.29, 1.82) is 0 Å². The summed E-state index contributed by atoms with van der Waals surface area (Å²) in [7, 11) is -10.7. The highest BCUT2D eigenvalue weighted by Crippen LogP contribution is 2.03. The van der Waals surface area contributed by atoms with E-state index in [1.165, 1.54) is 0 Å². The molecular formula is C10H22O9S3. The van der Waals surface area contributed by atoms with E-state index in [1.807, 2.05) is 0 Å². The standard InChI is InChI=1S/C10H22O9S3/c1-20(11,12)17-7-3-4-9-19-22(15,16)10-6-5-8-18-21(2,13)14/h3-10H2,1-2H3. The first-order valence-electron chi connectivity index (χ1n) is 6.47. The highest BCUT2D eigenvalue weighted by atomic mass is 32.2. The molecule has 0 saturated heterocycles. The fourth-order valence-electron chi connectivity index (χ4n) is 1.25. The zero-order valence-electron chi connectivity index (χ0n) is 12.6. The summed E-state index contributed by atoms with van der Waals surface area (Å²) in [5.41, 5.74) is 0. The topological polar surface area (TPSA) is 130 Å². The average Bonchev–Trinajstić information content (AvgIpc) is 2.30. The van der Waals surface area contributed by atoms with E-state index in [0.717, 1.165) is 12.5 Å². The van der Waals surface area contributed by atoms with Crippen molar-refractivity contribution in [2.24, 2.45) is 0 Å². The molecule has 0 atom stereocenters. The molecule has 0 bridgehead atoms. The molecule has 0 radical (unpaired) electrons. The van der Waals surface area contributed by atoms with Crippen molar-refractivity contribution >= 4 is 30.4 Å². The van der Waals surface area contributed by atoms with E-state index < -0.39 is 30.4 Å². The maximum Gasteiger partial charge on any atom is 0.267 e. The second kappa shape index (κ2) is 9.78. The van der Waals surface area contributed by atoms with Gasteiger partial charge >= 0.3 is 0 Å². The molecule has 0 aliphatic rings. The minimum absolute atomic E-state index is 0.0227. The Bertz CT molecular complexity index is 604. The second-order valence-electron chi connectivity index (χ2n) is 4.55. The van der Waals surface area contributed by atoms with Gasteiger partial charge in [-0.3, -0.25) is 12.5 Å². The van der Waals surface area contributed by atoms with Gasteiger partial charge < -0.3 is 0 Å². The van der Waals surface area contributed by atoms with Gasteiger partial charge in [-0.25, -0.2) is 0 Å². The lowest BCUT2D eigenvalue weighted by Crippen LogP contribution is -2.13. The van der Waals surface area contributed by atoms with Crippen LogP contribution < -0.4 is 0 Å². The Morgan fingerprint density at radius 2 is 0.955 bits per heavy atom. The molecule has 0 rings (SSSR count). The van der Waals surface area contributed by atoms with Gasteiger partial charge in [-0.2, -0.15) is 25.3 Å². The molecule has 0 aliphatic heterocycles. The molecule has 0 aliphatic carbocycles. The number of hydrogen-bond acceptors (Lipinski definition) is 9. The molecular weight excluding hydrogens is 360 g/mol. The van der Waals surface area contributed by atoms with E-state index >= 15 is 0 Å². The lowest BCUT2D eigenvalue weighted by atomic mass is 10.3. The summed E-state index contributed by atoms with van der Waals surface area (Å²) in [5.74, 6) is -0.236. The van der Waals surface area contributed by atoms with Gasteiger partial charge in [-0.1, -0.05) is 0 Å². The monoisotopic (exact) mass is 382 g/mol. The highest BCUT2D eigenvalue weighted by Gasteiger charge is 2.11. The largest absolute Gasteiger partial charge is 0.270 e. The molecule has 134 valence electrons. The van der Waals surface area contributed by atoms with Gasteiger partial charge in [0.15, 0.2) is 0 Å². The van der Waals surface area contributed by atoms with E-state index in [9.17, 15) is 25.3 Å². The average molecular weight is 382 g/mol. The van der Waals surface area contributed by atoms with Crippen LogP contribution in [0.4, 0.5) is 0 Å². The quantitative estimate of drug-likeness (QED) is 0.315. The summed E-state index contributed by atoms with van der Waals surface area (Å²) in [4.78, 5) is 0. The van der Waals surface area contributed by atoms with Crippen LogP contribution in [-0.4, -0.2) is 63.3 Å². The Morgan fingerprint density at radius 3 is 1.36 bits per heavy atom. The Balaban J connectivity index is 3.70. The molecule has 0 heterocycles. The molecule has 0 N–H and O–H groups in total. The lowest BCUT2D eigenvalue weighted by molar-refractivity contribution is 0.271. The molecule has 0 unspecified atom stereocenters. The van der Waals surface area contributed by atoms with Gasteiger partial charge in [0.2, 0.25) is 0 Å². The summed E-state index contributed by atoms with van der Waals surface area (Å²) in [6.07, 6.45) is 3.03. The molecule has 9 nitrogen and oxygen atoms in total. The van der Waals surface area contributed by atoms with Gasteiger partial charge in [-0.15, -0.1) is 0 Å². The van der Waals surface area contributed by atoms with Crippen molar-refractivity contribution < 1.29 is 37.8 Å². The van der Waals surface area contributed by atoms with Crippen molar-refractivity contribution in [2.45, 2.75) is 25.7 Å². The van der Waals surface area contributed by atoms with Crippen LogP contribution in [-0.2, 0) is 42.9 Å². The lowest BCUT2D eigenvalue weighted by Gasteiger charge is -2.06. The predicted molar refractivity (Wildman–Crippen MR) is 79.8 cm³/mol. The third kappa shape index (κ3) is 16.1. The molecule has 22 heavy (non-hydrogen) atoms.